The topological polar surface area (TPSA) is 69.2 Å². The second-order valence-electron chi connectivity index (χ2n) is 6.78. The lowest BCUT2D eigenvalue weighted by atomic mass is 9.74. The van der Waals surface area contributed by atoms with Crippen LogP contribution in [0.2, 0.25) is 0 Å². The highest BCUT2D eigenvalue weighted by Crippen LogP contribution is 2.37. The van der Waals surface area contributed by atoms with E-state index in [2.05, 4.69) is 27.0 Å². The maximum atomic E-state index is 11.9. The third-order valence-corrected chi connectivity index (χ3v) is 5.18. The molecule has 2 N–H and O–H groups in total. The Morgan fingerprint density at radius 2 is 2.00 bits per heavy atom. The Labute approximate surface area is 142 Å². The summed E-state index contributed by atoms with van der Waals surface area (Å²) >= 11 is 0. The van der Waals surface area contributed by atoms with Gasteiger partial charge in [-0.2, -0.15) is 0 Å². The number of likely N-dealkylation sites (tertiary alicyclic amines) is 1. The van der Waals surface area contributed by atoms with E-state index in [0.717, 1.165) is 57.4 Å². The van der Waals surface area contributed by atoms with Gasteiger partial charge in [-0.1, -0.05) is 30.3 Å². The Bertz CT molecular complexity index is 632. The van der Waals surface area contributed by atoms with Crippen LogP contribution in [0.4, 0.5) is 0 Å². The highest BCUT2D eigenvalue weighted by molar-refractivity contribution is 5.74. The molecule has 1 aliphatic heterocycles. The van der Waals surface area contributed by atoms with Crippen LogP contribution >= 0.6 is 0 Å². The summed E-state index contributed by atoms with van der Waals surface area (Å²) in [6.45, 7) is 2.48. The van der Waals surface area contributed by atoms with Gasteiger partial charge in [0.25, 0.3) is 0 Å². The molecule has 128 valence electrons. The number of nitrogens with zero attached hydrogens (tertiary/aromatic N) is 2. The number of hydrogen-bond donors (Lipinski definition) is 2. The van der Waals surface area contributed by atoms with Crippen LogP contribution in [0.15, 0.2) is 42.9 Å². The second kappa shape index (κ2) is 7.62. The molecule has 0 atom stereocenters. The molecule has 1 saturated heterocycles. The standard InChI is InChI=1S/C19H25N3O2/c23-18(24)19(8-4-7-16-5-2-1-3-6-16)9-11-22(12-10-19)14-17-13-20-15-21-17/h1-3,5-6,13,15H,4,7-12,14H2,(H,20,21)(H,23,24). The first kappa shape index (κ1) is 16.7. The normalized spacial score (nSPS) is 17.7. The Morgan fingerprint density at radius 1 is 1.25 bits per heavy atom. The fourth-order valence-corrected chi connectivity index (χ4v) is 3.60. The number of aromatic nitrogens is 2. The Hall–Kier alpha value is -2.14. The predicted molar refractivity (Wildman–Crippen MR) is 92.5 cm³/mol. The molecule has 1 fully saturated rings. The lowest BCUT2D eigenvalue weighted by molar-refractivity contribution is -0.152. The predicted octanol–water partition coefficient (Wildman–Crippen LogP) is 3.10. The molecule has 24 heavy (non-hydrogen) atoms. The van der Waals surface area contributed by atoms with Crippen molar-refractivity contribution in [3.05, 3.63) is 54.1 Å². The minimum Gasteiger partial charge on any atom is -0.481 e. The van der Waals surface area contributed by atoms with Crippen LogP contribution in [0.5, 0.6) is 0 Å². The molecule has 0 bridgehead atoms. The average molecular weight is 327 g/mol. The summed E-state index contributed by atoms with van der Waals surface area (Å²) in [5.41, 5.74) is 1.82. The zero-order valence-electron chi connectivity index (χ0n) is 13.9. The van der Waals surface area contributed by atoms with Crippen molar-refractivity contribution in [1.29, 1.82) is 0 Å². The number of carboxylic acids is 1. The first-order valence-electron chi connectivity index (χ1n) is 8.65. The summed E-state index contributed by atoms with van der Waals surface area (Å²) in [4.78, 5) is 21.4. The van der Waals surface area contributed by atoms with Crippen molar-refractivity contribution in [2.45, 2.75) is 38.6 Å². The smallest absolute Gasteiger partial charge is 0.309 e. The van der Waals surface area contributed by atoms with Gasteiger partial charge in [0.05, 0.1) is 11.7 Å². The van der Waals surface area contributed by atoms with E-state index in [1.807, 2.05) is 24.4 Å². The zero-order chi connectivity index (χ0) is 16.8. The van der Waals surface area contributed by atoms with Crippen LogP contribution in [0, 0.1) is 5.41 Å². The molecule has 0 spiro atoms. The maximum absolute atomic E-state index is 11.9. The summed E-state index contributed by atoms with van der Waals surface area (Å²) in [7, 11) is 0. The van der Waals surface area contributed by atoms with E-state index in [0.29, 0.717) is 0 Å². The summed E-state index contributed by atoms with van der Waals surface area (Å²) in [6.07, 6.45) is 7.61. The van der Waals surface area contributed by atoms with Gasteiger partial charge >= 0.3 is 5.97 Å². The molecule has 0 aliphatic carbocycles. The summed E-state index contributed by atoms with van der Waals surface area (Å²) in [6, 6.07) is 10.3. The summed E-state index contributed by atoms with van der Waals surface area (Å²) < 4.78 is 0. The van der Waals surface area contributed by atoms with Gasteiger partial charge in [0.2, 0.25) is 0 Å². The van der Waals surface area contributed by atoms with Gasteiger partial charge in [0, 0.05) is 18.4 Å². The van der Waals surface area contributed by atoms with E-state index in [1.165, 1.54) is 5.56 Å². The minimum atomic E-state index is -0.628. The van der Waals surface area contributed by atoms with Gasteiger partial charge in [-0.05, 0) is 50.8 Å². The number of piperidine rings is 1. The van der Waals surface area contributed by atoms with Gasteiger partial charge in [-0.3, -0.25) is 9.69 Å². The lowest BCUT2D eigenvalue weighted by Crippen LogP contribution is -2.44. The number of aryl methyl sites for hydroxylation is 1. The van der Waals surface area contributed by atoms with E-state index in [1.54, 1.807) is 6.33 Å². The summed E-state index contributed by atoms with van der Waals surface area (Å²) in [5, 5.41) is 9.79. The third kappa shape index (κ3) is 4.03. The molecule has 5 heteroatoms. The minimum absolute atomic E-state index is 0.556. The fraction of sp³-hybridized carbons (Fsp3) is 0.474. The molecule has 2 heterocycles. The maximum Gasteiger partial charge on any atom is 0.309 e. The lowest BCUT2D eigenvalue weighted by Gasteiger charge is -2.38. The van der Waals surface area contributed by atoms with Gasteiger partial charge in [0.15, 0.2) is 0 Å². The van der Waals surface area contributed by atoms with Crippen molar-refractivity contribution in [2.75, 3.05) is 13.1 Å². The molecule has 2 aromatic rings. The van der Waals surface area contributed by atoms with Crippen LogP contribution in [0.1, 0.15) is 36.9 Å². The van der Waals surface area contributed by atoms with Gasteiger partial charge in [0.1, 0.15) is 0 Å². The highest BCUT2D eigenvalue weighted by atomic mass is 16.4. The number of nitrogens with one attached hydrogen (secondary N) is 1. The van der Waals surface area contributed by atoms with Crippen molar-refractivity contribution >= 4 is 5.97 Å². The van der Waals surface area contributed by atoms with Crippen molar-refractivity contribution in [2.24, 2.45) is 5.41 Å². The molecule has 0 amide bonds. The van der Waals surface area contributed by atoms with Crippen molar-refractivity contribution in [3.8, 4) is 0 Å². The Morgan fingerprint density at radius 3 is 2.62 bits per heavy atom. The van der Waals surface area contributed by atoms with Crippen molar-refractivity contribution in [3.63, 3.8) is 0 Å². The number of carbonyl (C=O) groups is 1. The number of hydrogen-bond acceptors (Lipinski definition) is 3. The molecule has 1 aromatic heterocycles. The van der Waals surface area contributed by atoms with E-state index >= 15 is 0 Å². The van der Waals surface area contributed by atoms with Crippen LogP contribution in [0.25, 0.3) is 0 Å². The number of aliphatic carboxylic acids is 1. The quantitative estimate of drug-likeness (QED) is 0.820. The van der Waals surface area contributed by atoms with Crippen molar-refractivity contribution in [1.82, 2.24) is 14.9 Å². The van der Waals surface area contributed by atoms with Crippen LogP contribution in [-0.4, -0.2) is 39.0 Å². The first-order chi connectivity index (χ1) is 11.7. The molecule has 0 saturated carbocycles. The molecule has 1 aliphatic rings. The molecular weight excluding hydrogens is 302 g/mol. The van der Waals surface area contributed by atoms with E-state index in [4.69, 9.17) is 0 Å². The van der Waals surface area contributed by atoms with Gasteiger partial charge in [-0.15, -0.1) is 0 Å². The molecule has 3 rings (SSSR count). The van der Waals surface area contributed by atoms with Crippen LogP contribution in [0.3, 0.4) is 0 Å². The Balaban J connectivity index is 1.52. The number of carboxylic acid groups (broad SMARTS) is 1. The van der Waals surface area contributed by atoms with Gasteiger partial charge in [-0.25, -0.2) is 4.98 Å². The van der Waals surface area contributed by atoms with E-state index in [-0.39, 0.29) is 0 Å². The number of rotatable bonds is 7. The second-order valence-corrected chi connectivity index (χ2v) is 6.78. The molecule has 0 unspecified atom stereocenters. The van der Waals surface area contributed by atoms with E-state index in [9.17, 15) is 9.90 Å². The largest absolute Gasteiger partial charge is 0.481 e. The highest BCUT2D eigenvalue weighted by Gasteiger charge is 2.40. The monoisotopic (exact) mass is 327 g/mol. The third-order valence-electron chi connectivity index (χ3n) is 5.18. The Kier molecular flexibility index (Phi) is 5.30. The van der Waals surface area contributed by atoms with E-state index < -0.39 is 11.4 Å². The van der Waals surface area contributed by atoms with Crippen LogP contribution < -0.4 is 0 Å². The number of imidazole rings is 1. The fourth-order valence-electron chi connectivity index (χ4n) is 3.60. The van der Waals surface area contributed by atoms with Gasteiger partial charge < -0.3 is 10.1 Å². The number of benzene rings is 1. The SMILES string of the molecule is O=C(O)C1(CCCc2ccccc2)CCN(Cc2cnc[nH]2)CC1. The first-order valence-corrected chi connectivity index (χ1v) is 8.65. The average Bonchev–Trinajstić information content (AvgIpc) is 3.10. The molecule has 5 nitrogen and oxygen atoms in total. The van der Waals surface area contributed by atoms with Crippen LogP contribution in [-0.2, 0) is 17.8 Å². The molecular formula is C19H25N3O2. The number of H-pyrrole nitrogens is 1. The number of aromatic amines is 1. The zero-order valence-corrected chi connectivity index (χ0v) is 13.9. The summed E-state index contributed by atoms with van der Waals surface area (Å²) in [5.74, 6) is -0.628. The molecule has 0 radical (unpaired) electrons. The molecule has 1 aromatic carbocycles. The van der Waals surface area contributed by atoms with Crippen molar-refractivity contribution < 1.29 is 9.90 Å².